The molecule has 0 aliphatic heterocycles. The van der Waals surface area contributed by atoms with Gasteiger partial charge < -0.3 is 10.2 Å². The fourth-order valence-corrected chi connectivity index (χ4v) is 16.6. The first-order valence-corrected chi connectivity index (χ1v) is 28.4. The zero-order valence-corrected chi connectivity index (χ0v) is 40.7. The summed E-state index contributed by atoms with van der Waals surface area (Å²) in [4.78, 5) is 15.6. The van der Waals surface area contributed by atoms with Crippen LogP contribution in [0.25, 0.3) is 0 Å². The first kappa shape index (κ1) is 46.6. The zero-order valence-electron chi connectivity index (χ0n) is 39.9. The van der Waals surface area contributed by atoms with Gasteiger partial charge in [0, 0.05) is 22.3 Å². The first-order valence-electron chi connectivity index (χ1n) is 27.2. The molecular weight excluding hydrogens is 813 g/mol. The third kappa shape index (κ3) is 11.3. The molecular formula is C61H80O3S. The van der Waals surface area contributed by atoms with Gasteiger partial charge in [-0.05, 0) is 142 Å². The number of carbonyl (C=O) groups is 1. The summed E-state index contributed by atoms with van der Waals surface area (Å²) < 4.78 is 0. The Morgan fingerprint density at radius 1 is 0.400 bits per heavy atom. The molecule has 0 radical (unpaired) electrons. The van der Waals surface area contributed by atoms with Gasteiger partial charge in [0.05, 0.1) is 5.56 Å². The summed E-state index contributed by atoms with van der Waals surface area (Å²) in [5.41, 5.74) is 10.7. The normalized spacial score (nSPS) is 21.5. The molecule has 6 aliphatic carbocycles. The number of hydrogen-bond donors (Lipinski definition) is 1. The topological polar surface area (TPSA) is 60.4 Å². The Kier molecular flexibility index (Phi) is 16.5. The molecule has 3 nitrogen and oxygen atoms in total. The third-order valence-electron chi connectivity index (χ3n) is 17.2. The monoisotopic (exact) mass is 893 g/mol. The van der Waals surface area contributed by atoms with E-state index in [-0.39, 0.29) is 16.5 Å². The number of carboxylic acids is 1. The first-order chi connectivity index (χ1) is 32.0. The summed E-state index contributed by atoms with van der Waals surface area (Å²) in [5, 5.41) is 19.0. The van der Waals surface area contributed by atoms with Crippen LogP contribution in [0.2, 0.25) is 0 Å². The summed E-state index contributed by atoms with van der Waals surface area (Å²) in [7, 11) is -0.0940. The van der Waals surface area contributed by atoms with E-state index in [1.54, 1.807) is 16.0 Å². The predicted molar refractivity (Wildman–Crippen MR) is 269 cm³/mol. The summed E-state index contributed by atoms with van der Waals surface area (Å²) in [5.74, 6) is 2.84. The molecule has 4 heteroatoms. The highest BCUT2D eigenvalue weighted by Gasteiger charge is 2.44. The van der Waals surface area contributed by atoms with Crippen molar-refractivity contribution in [3.63, 3.8) is 0 Å². The number of hydrogen-bond acceptors (Lipinski definition) is 2. The average molecular weight is 893 g/mol. The van der Waals surface area contributed by atoms with E-state index in [1.807, 2.05) is 32.0 Å². The van der Waals surface area contributed by atoms with E-state index in [4.69, 9.17) is 5.11 Å². The fraction of sp³-hybridized carbons (Fsp3) is 0.590. The molecule has 6 fully saturated rings. The summed E-state index contributed by atoms with van der Waals surface area (Å²) in [6, 6.07) is 29.5. The maximum absolute atomic E-state index is 10.7. The van der Waals surface area contributed by atoms with E-state index in [0.717, 1.165) is 35.5 Å². The number of benzene rings is 4. The molecule has 4 aromatic rings. The van der Waals surface area contributed by atoms with Crippen molar-refractivity contribution in [2.75, 3.05) is 0 Å². The van der Waals surface area contributed by atoms with Crippen LogP contribution in [0.4, 0.5) is 0 Å². The molecule has 6 saturated carbocycles. The van der Waals surface area contributed by atoms with Crippen molar-refractivity contribution in [1.29, 1.82) is 0 Å². The minimum atomic E-state index is -1.18. The van der Waals surface area contributed by atoms with Gasteiger partial charge in [-0.15, -0.1) is 0 Å². The Morgan fingerprint density at radius 3 is 0.985 bits per heavy atom. The second-order valence-electron chi connectivity index (χ2n) is 21.5. The summed E-state index contributed by atoms with van der Waals surface area (Å²) in [6.45, 7) is 0. The largest absolute Gasteiger partial charge is 0.872 e. The lowest BCUT2D eigenvalue weighted by Gasteiger charge is -2.34. The lowest BCUT2D eigenvalue weighted by molar-refractivity contribution is -0.268. The van der Waals surface area contributed by atoms with Crippen molar-refractivity contribution in [2.24, 2.45) is 0 Å². The van der Waals surface area contributed by atoms with Gasteiger partial charge in [0.1, 0.15) is 10.9 Å². The van der Waals surface area contributed by atoms with E-state index in [9.17, 15) is 9.90 Å². The molecule has 0 atom stereocenters. The molecule has 1 N–H and O–H groups in total. The molecule has 0 saturated heterocycles. The maximum Gasteiger partial charge on any atom is 0.335 e. The van der Waals surface area contributed by atoms with Crippen LogP contribution in [0.1, 0.15) is 272 Å². The Balaban J connectivity index is 0.000000473. The highest BCUT2D eigenvalue weighted by Crippen LogP contribution is 2.54. The van der Waals surface area contributed by atoms with Crippen LogP contribution in [-0.4, -0.2) is 11.1 Å². The van der Waals surface area contributed by atoms with Crippen molar-refractivity contribution in [3.05, 3.63) is 118 Å². The van der Waals surface area contributed by atoms with Gasteiger partial charge in [0.2, 0.25) is 0 Å². The number of aromatic carboxylic acids is 1. The molecule has 0 bridgehead atoms. The van der Waals surface area contributed by atoms with Crippen LogP contribution in [0, 0.1) is 0 Å². The van der Waals surface area contributed by atoms with Crippen molar-refractivity contribution in [3.8, 4) is 5.75 Å². The van der Waals surface area contributed by atoms with Gasteiger partial charge in [0.25, 0.3) is 0 Å². The van der Waals surface area contributed by atoms with E-state index < -0.39 is 11.7 Å². The average Bonchev–Trinajstić information content (AvgIpc) is 3.38. The molecule has 10 rings (SSSR count). The Hall–Kier alpha value is -3.50. The smallest absolute Gasteiger partial charge is 0.335 e. The highest BCUT2D eigenvalue weighted by molar-refractivity contribution is 7.97. The van der Waals surface area contributed by atoms with Gasteiger partial charge in [-0.1, -0.05) is 182 Å². The summed E-state index contributed by atoms with van der Waals surface area (Å²) in [6.07, 6.45) is 42.7. The van der Waals surface area contributed by atoms with Crippen molar-refractivity contribution in [1.82, 2.24) is 0 Å². The van der Waals surface area contributed by atoms with Gasteiger partial charge in [-0.2, -0.15) is 0 Å². The van der Waals surface area contributed by atoms with Gasteiger partial charge in [-0.3, -0.25) is 0 Å². The van der Waals surface area contributed by atoms with E-state index in [2.05, 4.69) is 54.6 Å². The lowest BCUT2D eigenvalue weighted by atomic mass is 9.76. The van der Waals surface area contributed by atoms with Gasteiger partial charge >= 0.3 is 5.97 Å². The standard InChI is InChI=1S/C54H75S.C7H6O3/c1-8-22-40(23-9-1)46-36-49(42-26-12-3-13-27-42)53(50(37-46)43-28-14-4-15-29-43)55(48-34-20-7-21-35-48)54-51(44-30-16-5-17-31-44)38-47(41-24-10-2-11-25-41)39-52(54)45-32-18-6-19-33-45;8-6-4-2-1-3-5(6)7(9)10/h7,20-21,34-45H,1-6,8-19,22-33H2;1-4,8H,(H,9,10)/q+1;/p-1. The van der Waals surface area contributed by atoms with Crippen molar-refractivity contribution < 1.29 is 15.0 Å². The number of para-hydroxylation sites is 1. The molecule has 348 valence electrons. The van der Waals surface area contributed by atoms with Crippen molar-refractivity contribution >= 4 is 16.9 Å². The minimum Gasteiger partial charge on any atom is -0.872 e. The Labute approximate surface area is 396 Å². The van der Waals surface area contributed by atoms with Crippen LogP contribution in [0.5, 0.6) is 5.75 Å². The third-order valence-corrected chi connectivity index (χ3v) is 19.7. The molecule has 6 aliphatic rings. The van der Waals surface area contributed by atoms with Crippen LogP contribution in [0.3, 0.4) is 0 Å². The van der Waals surface area contributed by atoms with Gasteiger partial charge in [-0.25, -0.2) is 4.79 Å². The second-order valence-corrected chi connectivity index (χ2v) is 23.4. The molecule has 0 amide bonds. The fourth-order valence-electron chi connectivity index (χ4n) is 13.6. The Morgan fingerprint density at radius 2 is 0.692 bits per heavy atom. The zero-order chi connectivity index (χ0) is 44.4. The molecule has 65 heavy (non-hydrogen) atoms. The lowest BCUT2D eigenvalue weighted by Crippen LogP contribution is -2.23. The molecule has 0 unspecified atom stereocenters. The second kappa shape index (κ2) is 23.0. The quantitative estimate of drug-likeness (QED) is 0.161. The van der Waals surface area contributed by atoms with Crippen LogP contribution in [-0.2, 0) is 10.9 Å². The Bertz CT molecular complexity index is 1940. The van der Waals surface area contributed by atoms with Gasteiger partial charge in [0.15, 0.2) is 14.7 Å². The van der Waals surface area contributed by atoms with E-state index in [0.29, 0.717) is 0 Å². The molecule has 4 aromatic carbocycles. The molecule has 0 aromatic heterocycles. The summed E-state index contributed by atoms with van der Waals surface area (Å²) >= 11 is 0. The van der Waals surface area contributed by atoms with Crippen LogP contribution in [0.15, 0.2) is 93.5 Å². The van der Waals surface area contributed by atoms with E-state index >= 15 is 0 Å². The maximum atomic E-state index is 10.7. The SMILES string of the molecule is O=C(O)c1ccccc1[O-].c1ccc([S+](c2c(C3CCCCC3)cc(C3CCCCC3)cc2C2CCCCC2)c2c(C3CCCCC3)cc(C3CCCCC3)cc2C2CCCCC2)cc1. The predicted octanol–water partition coefficient (Wildman–Crippen LogP) is 17.5. The van der Waals surface area contributed by atoms with Crippen molar-refractivity contribution in [2.45, 2.75) is 243 Å². The molecule has 0 spiro atoms. The van der Waals surface area contributed by atoms with Crippen LogP contribution >= 0.6 is 0 Å². The number of rotatable bonds is 10. The molecule has 0 heterocycles. The highest BCUT2D eigenvalue weighted by atomic mass is 32.2. The number of carboxylic acid groups (broad SMARTS) is 1. The van der Waals surface area contributed by atoms with E-state index in [1.165, 1.54) is 217 Å². The van der Waals surface area contributed by atoms with Crippen LogP contribution < -0.4 is 5.11 Å². The minimum absolute atomic E-state index is 0.0940.